The summed E-state index contributed by atoms with van der Waals surface area (Å²) in [6.07, 6.45) is 0. The Balaban J connectivity index is 1.68. The summed E-state index contributed by atoms with van der Waals surface area (Å²) in [4.78, 5) is 17.7. The minimum absolute atomic E-state index is 0.152. The lowest BCUT2D eigenvalue weighted by Gasteiger charge is -2.16. The van der Waals surface area contributed by atoms with E-state index in [2.05, 4.69) is 10.4 Å². The van der Waals surface area contributed by atoms with Gasteiger partial charge in [0.05, 0.1) is 17.4 Å². The highest BCUT2D eigenvalue weighted by atomic mass is 35.5. The third-order valence-corrected chi connectivity index (χ3v) is 4.71. The van der Waals surface area contributed by atoms with Gasteiger partial charge in [-0.05, 0) is 35.9 Å². The second-order valence-corrected chi connectivity index (χ2v) is 6.62. The van der Waals surface area contributed by atoms with Gasteiger partial charge in [0.1, 0.15) is 12.4 Å². The molecule has 1 N–H and O–H groups in total. The molecule has 0 aliphatic carbocycles. The van der Waals surface area contributed by atoms with Crippen LogP contribution >= 0.6 is 11.6 Å². The number of hydrogen-bond acceptors (Lipinski definition) is 4. The van der Waals surface area contributed by atoms with Crippen molar-refractivity contribution in [3.8, 4) is 5.75 Å². The number of benzene rings is 3. The Morgan fingerprint density at radius 3 is 2.46 bits per heavy atom. The van der Waals surface area contributed by atoms with Crippen LogP contribution < -0.4 is 15.7 Å². The maximum Gasteiger partial charge on any atom is 0.280 e. The summed E-state index contributed by atoms with van der Waals surface area (Å²) in [6, 6.07) is 24.2. The van der Waals surface area contributed by atoms with Crippen LogP contribution in [0.3, 0.4) is 0 Å². The minimum atomic E-state index is -0.177. The number of para-hydroxylation sites is 2. The zero-order chi connectivity index (χ0) is 19.3. The smallest absolute Gasteiger partial charge is 0.280 e. The third kappa shape index (κ3) is 3.85. The van der Waals surface area contributed by atoms with Gasteiger partial charge in [-0.15, -0.1) is 0 Å². The first-order valence-electron chi connectivity index (χ1n) is 8.88. The number of hydrogen-bond donors (Lipinski definition) is 1. The molecule has 28 heavy (non-hydrogen) atoms. The van der Waals surface area contributed by atoms with Gasteiger partial charge in [-0.3, -0.25) is 4.79 Å². The first kappa shape index (κ1) is 18.1. The molecular weight excluding hydrogens is 374 g/mol. The van der Waals surface area contributed by atoms with Gasteiger partial charge >= 0.3 is 0 Å². The molecule has 140 valence electrons. The van der Waals surface area contributed by atoms with Crippen LogP contribution in [0.25, 0.3) is 10.9 Å². The first-order chi connectivity index (χ1) is 13.7. The van der Waals surface area contributed by atoms with Crippen LogP contribution in [0.1, 0.15) is 11.4 Å². The molecule has 0 atom stereocenters. The van der Waals surface area contributed by atoms with Crippen molar-refractivity contribution in [1.29, 1.82) is 0 Å². The Hall–Kier alpha value is -3.31. The molecule has 1 aromatic heterocycles. The molecule has 5 nitrogen and oxygen atoms in total. The lowest BCUT2D eigenvalue weighted by molar-refractivity contribution is 0.290. The van der Waals surface area contributed by atoms with E-state index >= 15 is 0 Å². The molecule has 0 bridgehead atoms. The third-order valence-electron chi connectivity index (χ3n) is 4.34. The highest BCUT2D eigenvalue weighted by Gasteiger charge is 2.12. The monoisotopic (exact) mass is 391 g/mol. The molecule has 0 saturated heterocycles. The highest BCUT2D eigenvalue weighted by molar-refractivity contribution is 6.31. The summed E-state index contributed by atoms with van der Waals surface area (Å²) in [5.41, 5.74) is 4.49. The van der Waals surface area contributed by atoms with Crippen LogP contribution in [0.2, 0.25) is 5.02 Å². The van der Waals surface area contributed by atoms with Gasteiger partial charge < -0.3 is 10.2 Å². The molecule has 4 aromatic rings. The van der Waals surface area contributed by atoms with Crippen molar-refractivity contribution in [3.05, 3.63) is 106 Å². The first-order valence-corrected chi connectivity index (χ1v) is 9.26. The Bertz CT molecular complexity index is 1160. The molecule has 0 aliphatic heterocycles. The van der Waals surface area contributed by atoms with Gasteiger partial charge in [-0.25, -0.2) is 9.66 Å². The number of nitrogens with one attached hydrogen (secondary N) is 1. The zero-order valence-electron chi connectivity index (χ0n) is 15.0. The summed E-state index contributed by atoms with van der Waals surface area (Å²) in [5.74, 6) is 1.20. The number of ether oxygens (including phenoxy) is 1. The van der Waals surface area contributed by atoms with Gasteiger partial charge in [0, 0.05) is 5.02 Å². The van der Waals surface area contributed by atoms with Crippen molar-refractivity contribution in [3.63, 3.8) is 0 Å². The second kappa shape index (κ2) is 8.15. The van der Waals surface area contributed by atoms with E-state index in [1.54, 1.807) is 6.07 Å². The highest BCUT2D eigenvalue weighted by Crippen LogP contribution is 2.16. The predicted octanol–water partition coefficient (Wildman–Crippen LogP) is 4.37. The SMILES string of the molecule is O=c1c2ccccc2nc(COc2ccccc2)n1NCc1ccccc1Cl. The molecule has 0 aliphatic rings. The van der Waals surface area contributed by atoms with E-state index in [0.717, 1.165) is 5.56 Å². The van der Waals surface area contributed by atoms with Crippen molar-refractivity contribution in [2.24, 2.45) is 0 Å². The van der Waals surface area contributed by atoms with Gasteiger partial charge in [0.15, 0.2) is 5.82 Å². The quantitative estimate of drug-likeness (QED) is 0.530. The Morgan fingerprint density at radius 1 is 0.929 bits per heavy atom. The van der Waals surface area contributed by atoms with Crippen LogP contribution in [0, 0.1) is 0 Å². The number of nitrogens with zero attached hydrogens (tertiary/aromatic N) is 2. The van der Waals surface area contributed by atoms with E-state index in [-0.39, 0.29) is 12.2 Å². The summed E-state index contributed by atoms with van der Waals surface area (Å²) in [5, 5.41) is 1.18. The van der Waals surface area contributed by atoms with E-state index in [1.165, 1.54) is 4.68 Å². The van der Waals surface area contributed by atoms with Gasteiger partial charge in [0.2, 0.25) is 0 Å². The molecule has 0 fully saturated rings. The average Bonchev–Trinajstić information content (AvgIpc) is 2.73. The summed E-state index contributed by atoms with van der Waals surface area (Å²) < 4.78 is 7.26. The molecule has 0 radical (unpaired) electrons. The molecule has 3 aromatic carbocycles. The van der Waals surface area contributed by atoms with Crippen molar-refractivity contribution >= 4 is 22.5 Å². The number of fused-ring (bicyclic) bond motifs is 1. The predicted molar refractivity (Wildman–Crippen MR) is 111 cm³/mol. The largest absolute Gasteiger partial charge is 0.486 e. The van der Waals surface area contributed by atoms with E-state index in [4.69, 9.17) is 16.3 Å². The number of rotatable bonds is 6. The normalized spacial score (nSPS) is 10.8. The van der Waals surface area contributed by atoms with Crippen LogP contribution in [-0.2, 0) is 13.2 Å². The summed E-state index contributed by atoms with van der Waals surface area (Å²) in [7, 11) is 0. The molecule has 4 rings (SSSR count). The van der Waals surface area contributed by atoms with Gasteiger partial charge in [-0.1, -0.05) is 60.1 Å². The van der Waals surface area contributed by atoms with E-state index in [1.807, 2.05) is 72.8 Å². The van der Waals surface area contributed by atoms with Crippen molar-refractivity contribution in [2.45, 2.75) is 13.2 Å². The summed E-state index contributed by atoms with van der Waals surface area (Å²) >= 11 is 6.24. The van der Waals surface area contributed by atoms with E-state index in [0.29, 0.717) is 34.0 Å². The molecule has 0 spiro atoms. The van der Waals surface area contributed by atoms with Crippen LogP contribution in [0.4, 0.5) is 0 Å². The Kier molecular flexibility index (Phi) is 5.26. The number of halogens is 1. The van der Waals surface area contributed by atoms with Gasteiger partial charge in [-0.2, -0.15) is 0 Å². The Morgan fingerprint density at radius 2 is 1.64 bits per heavy atom. The lowest BCUT2D eigenvalue weighted by atomic mass is 10.2. The fourth-order valence-electron chi connectivity index (χ4n) is 2.91. The molecule has 1 heterocycles. The second-order valence-electron chi connectivity index (χ2n) is 6.21. The average molecular weight is 392 g/mol. The number of aromatic nitrogens is 2. The molecule has 0 unspecified atom stereocenters. The molecule has 0 amide bonds. The van der Waals surface area contributed by atoms with Crippen molar-refractivity contribution in [1.82, 2.24) is 9.66 Å². The molecular formula is C22H18ClN3O2. The fraction of sp³-hybridized carbons (Fsp3) is 0.0909. The molecule has 6 heteroatoms. The van der Waals surface area contributed by atoms with E-state index in [9.17, 15) is 4.79 Å². The maximum atomic E-state index is 13.0. The minimum Gasteiger partial charge on any atom is -0.486 e. The summed E-state index contributed by atoms with van der Waals surface area (Å²) in [6.45, 7) is 0.539. The lowest BCUT2D eigenvalue weighted by Crippen LogP contribution is -2.33. The van der Waals surface area contributed by atoms with Crippen molar-refractivity contribution in [2.75, 3.05) is 5.43 Å². The van der Waals surface area contributed by atoms with Crippen LogP contribution in [-0.4, -0.2) is 9.66 Å². The van der Waals surface area contributed by atoms with Crippen LogP contribution in [0.5, 0.6) is 5.75 Å². The van der Waals surface area contributed by atoms with Crippen molar-refractivity contribution < 1.29 is 4.74 Å². The zero-order valence-corrected chi connectivity index (χ0v) is 15.8. The topological polar surface area (TPSA) is 56.1 Å². The fourth-order valence-corrected chi connectivity index (χ4v) is 3.11. The molecule has 0 saturated carbocycles. The standard InChI is InChI=1S/C22H18ClN3O2/c23-19-12-6-4-8-16(19)14-24-26-21(15-28-17-9-2-1-3-10-17)25-20-13-7-5-11-18(20)22(26)27/h1-13,24H,14-15H2. The van der Waals surface area contributed by atoms with E-state index < -0.39 is 0 Å². The maximum absolute atomic E-state index is 13.0. The Labute approximate surface area is 167 Å². The van der Waals surface area contributed by atoms with Crippen LogP contribution in [0.15, 0.2) is 83.7 Å². The van der Waals surface area contributed by atoms with Gasteiger partial charge in [0.25, 0.3) is 5.56 Å².